The Labute approximate surface area is 223 Å². The van der Waals surface area contributed by atoms with E-state index in [1.165, 1.54) is 0 Å². The molecule has 1 aromatic heterocycles. The Bertz CT molecular complexity index is 1360. The average molecular weight is 520 g/mol. The molecule has 7 heteroatoms. The van der Waals surface area contributed by atoms with E-state index >= 15 is 0 Å². The maximum Gasteiger partial charge on any atom is 0.407 e. The summed E-state index contributed by atoms with van der Waals surface area (Å²) in [6.07, 6.45) is 3.04. The standard InChI is InChI=1S/C31H37NO6/c1-19-15-25(27-20(2)24(29(34)37-26(27)16-19)17-21-9-7-6-8-10-21)36-28(33)23-13-11-22(12-14-23)18-32-30(35)38-31(3,4)5/h6-10,15-16,22-23H,11-14,17-18H2,1-5H3,(H,32,35). The minimum atomic E-state index is -0.533. The van der Waals surface area contributed by atoms with Crippen LogP contribution in [0.2, 0.25) is 0 Å². The molecule has 1 amide bonds. The molecule has 2 aromatic carbocycles. The Kier molecular flexibility index (Phi) is 8.24. The molecule has 4 rings (SSSR count). The van der Waals surface area contributed by atoms with Crippen LogP contribution < -0.4 is 15.7 Å². The summed E-state index contributed by atoms with van der Waals surface area (Å²) in [6, 6.07) is 13.4. The van der Waals surface area contributed by atoms with E-state index in [2.05, 4.69) is 5.32 Å². The smallest absolute Gasteiger partial charge is 0.407 e. The van der Waals surface area contributed by atoms with Gasteiger partial charge in [0, 0.05) is 18.5 Å². The molecule has 1 aliphatic rings. The quantitative estimate of drug-likeness (QED) is 0.235. The van der Waals surface area contributed by atoms with Crippen LogP contribution in [0.5, 0.6) is 5.75 Å². The number of esters is 1. The van der Waals surface area contributed by atoms with Gasteiger partial charge in [-0.3, -0.25) is 4.79 Å². The first-order valence-corrected chi connectivity index (χ1v) is 13.3. The molecule has 1 aliphatic carbocycles. The molecule has 0 saturated heterocycles. The number of carbonyl (C=O) groups excluding carboxylic acids is 2. The average Bonchev–Trinajstić information content (AvgIpc) is 2.84. The summed E-state index contributed by atoms with van der Waals surface area (Å²) in [6.45, 7) is 9.79. The Morgan fingerprint density at radius 2 is 1.71 bits per heavy atom. The number of fused-ring (bicyclic) bond motifs is 1. The minimum absolute atomic E-state index is 0.219. The second kappa shape index (κ2) is 11.4. The molecule has 1 N–H and O–H groups in total. The highest BCUT2D eigenvalue weighted by atomic mass is 16.6. The van der Waals surface area contributed by atoms with Crippen LogP contribution >= 0.6 is 0 Å². The van der Waals surface area contributed by atoms with Crippen LogP contribution in [-0.4, -0.2) is 24.2 Å². The topological polar surface area (TPSA) is 94.8 Å². The lowest BCUT2D eigenvalue weighted by molar-refractivity contribution is -0.140. The number of benzene rings is 2. The van der Waals surface area contributed by atoms with E-state index in [4.69, 9.17) is 13.9 Å². The summed E-state index contributed by atoms with van der Waals surface area (Å²) >= 11 is 0. The fraction of sp³-hybridized carbons (Fsp3) is 0.452. The SMILES string of the molecule is Cc1cc(OC(=O)C2CCC(CNC(=O)OC(C)(C)C)CC2)c2c(C)c(Cc3ccccc3)c(=O)oc2c1. The van der Waals surface area contributed by atoms with Crippen LogP contribution in [0, 0.1) is 25.7 Å². The van der Waals surface area contributed by atoms with Gasteiger partial charge in [-0.15, -0.1) is 0 Å². The van der Waals surface area contributed by atoms with E-state index in [0.29, 0.717) is 54.0 Å². The Morgan fingerprint density at radius 3 is 2.37 bits per heavy atom. The van der Waals surface area contributed by atoms with Crippen molar-refractivity contribution < 1.29 is 23.5 Å². The molecule has 1 heterocycles. The van der Waals surface area contributed by atoms with Crippen molar-refractivity contribution in [2.45, 2.75) is 72.3 Å². The second-order valence-corrected chi connectivity index (χ2v) is 11.3. The lowest BCUT2D eigenvalue weighted by atomic mass is 9.82. The number of hydrogen-bond acceptors (Lipinski definition) is 6. The highest BCUT2D eigenvalue weighted by Crippen LogP contribution is 2.34. The highest BCUT2D eigenvalue weighted by Gasteiger charge is 2.29. The number of rotatable bonds is 6. The summed E-state index contributed by atoms with van der Waals surface area (Å²) in [4.78, 5) is 38.0. The summed E-state index contributed by atoms with van der Waals surface area (Å²) in [7, 11) is 0. The van der Waals surface area contributed by atoms with E-state index in [0.717, 1.165) is 29.5 Å². The van der Waals surface area contributed by atoms with E-state index in [-0.39, 0.29) is 17.5 Å². The molecule has 0 aliphatic heterocycles. The van der Waals surface area contributed by atoms with Crippen molar-refractivity contribution in [1.29, 1.82) is 0 Å². The molecule has 202 valence electrons. The number of amides is 1. The van der Waals surface area contributed by atoms with E-state index < -0.39 is 11.7 Å². The second-order valence-electron chi connectivity index (χ2n) is 11.3. The van der Waals surface area contributed by atoms with Gasteiger partial charge in [0.05, 0.1) is 11.3 Å². The molecule has 0 radical (unpaired) electrons. The molecule has 7 nitrogen and oxygen atoms in total. The van der Waals surface area contributed by atoms with Gasteiger partial charge in [-0.25, -0.2) is 9.59 Å². The zero-order valence-corrected chi connectivity index (χ0v) is 22.9. The van der Waals surface area contributed by atoms with Gasteiger partial charge in [-0.1, -0.05) is 30.3 Å². The third-order valence-electron chi connectivity index (χ3n) is 7.04. The fourth-order valence-corrected chi connectivity index (χ4v) is 5.06. The number of aryl methyl sites for hydroxylation is 2. The zero-order chi connectivity index (χ0) is 27.4. The maximum absolute atomic E-state index is 13.2. The van der Waals surface area contributed by atoms with Crippen molar-refractivity contribution in [3.05, 3.63) is 75.1 Å². The molecule has 1 saturated carbocycles. The molecule has 3 aromatic rings. The van der Waals surface area contributed by atoms with Crippen molar-refractivity contribution >= 4 is 23.0 Å². The first-order valence-electron chi connectivity index (χ1n) is 13.3. The van der Waals surface area contributed by atoms with Gasteiger partial charge in [-0.05, 0) is 95.0 Å². The molecular formula is C31H37NO6. The summed E-state index contributed by atoms with van der Waals surface area (Å²) in [5.41, 5.74) is 2.68. The number of carbonyl (C=O) groups is 2. The monoisotopic (exact) mass is 519 g/mol. The van der Waals surface area contributed by atoms with Gasteiger partial charge < -0.3 is 19.2 Å². The summed E-state index contributed by atoms with van der Waals surface area (Å²) < 4.78 is 17.0. The molecule has 0 unspecified atom stereocenters. The van der Waals surface area contributed by atoms with Gasteiger partial charge in [0.1, 0.15) is 16.9 Å². The zero-order valence-electron chi connectivity index (χ0n) is 22.9. The Hall–Kier alpha value is -3.61. The third kappa shape index (κ3) is 6.82. The predicted octanol–water partition coefficient (Wildman–Crippen LogP) is 6.24. The molecule has 38 heavy (non-hydrogen) atoms. The predicted molar refractivity (Wildman–Crippen MR) is 147 cm³/mol. The normalized spacial score (nSPS) is 17.7. The van der Waals surface area contributed by atoms with Gasteiger partial charge in [0.25, 0.3) is 0 Å². The summed E-state index contributed by atoms with van der Waals surface area (Å²) in [5, 5.41) is 3.50. The van der Waals surface area contributed by atoms with Crippen molar-refractivity contribution in [3.63, 3.8) is 0 Å². The Balaban J connectivity index is 1.46. The number of nitrogens with one attached hydrogen (secondary N) is 1. The fourth-order valence-electron chi connectivity index (χ4n) is 5.06. The van der Waals surface area contributed by atoms with Gasteiger partial charge >= 0.3 is 17.7 Å². The number of alkyl carbamates (subject to hydrolysis) is 1. The first-order chi connectivity index (χ1) is 18.0. The molecule has 1 fully saturated rings. The lowest BCUT2D eigenvalue weighted by Crippen LogP contribution is -2.36. The first kappa shape index (κ1) is 27.4. The van der Waals surface area contributed by atoms with Crippen molar-refractivity contribution in [2.75, 3.05) is 6.54 Å². The van der Waals surface area contributed by atoms with E-state index in [1.54, 1.807) is 6.07 Å². The number of hydrogen-bond donors (Lipinski definition) is 1. The van der Waals surface area contributed by atoms with Crippen LogP contribution in [0.3, 0.4) is 0 Å². The maximum atomic E-state index is 13.2. The van der Waals surface area contributed by atoms with Crippen LogP contribution in [-0.2, 0) is 16.0 Å². The van der Waals surface area contributed by atoms with Gasteiger partial charge in [0.15, 0.2) is 0 Å². The van der Waals surface area contributed by atoms with Crippen molar-refractivity contribution in [2.24, 2.45) is 11.8 Å². The lowest BCUT2D eigenvalue weighted by Gasteiger charge is -2.28. The van der Waals surface area contributed by atoms with Crippen LogP contribution in [0.15, 0.2) is 51.7 Å². The van der Waals surface area contributed by atoms with Crippen LogP contribution in [0.4, 0.5) is 4.79 Å². The van der Waals surface area contributed by atoms with Gasteiger partial charge in [0.2, 0.25) is 0 Å². The molecule has 0 bridgehead atoms. The van der Waals surface area contributed by atoms with E-state index in [9.17, 15) is 14.4 Å². The largest absolute Gasteiger partial charge is 0.444 e. The Morgan fingerprint density at radius 1 is 1.03 bits per heavy atom. The van der Waals surface area contributed by atoms with Crippen molar-refractivity contribution in [3.8, 4) is 5.75 Å². The highest BCUT2D eigenvalue weighted by molar-refractivity contribution is 5.91. The molecule has 0 spiro atoms. The van der Waals surface area contributed by atoms with E-state index in [1.807, 2.05) is 71.0 Å². The van der Waals surface area contributed by atoms with Crippen LogP contribution in [0.1, 0.15) is 68.7 Å². The third-order valence-corrected chi connectivity index (χ3v) is 7.04. The molecular weight excluding hydrogens is 482 g/mol. The molecule has 0 atom stereocenters. The van der Waals surface area contributed by atoms with Gasteiger partial charge in [-0.2, -0.15) is 0 Å². The summed E-state index contributed by atoms with van der Waals surface area (Å²) in [5.74, 6) is 0.228. The number of ether oxygens (including phenoxy) is 2. The van der Waals surface area contributed by atoms with Crippen molar-refractivity contribution in [1.82, 2.24) is 5.32 Å². The van der Waals surface area contributed by atoms with Crippen LogP contribution in [0.25, 0.3) is 11.0 Å². The minimum Gasteiger partial charge on any atom is -0.444 e.